The van der Waals surface area contributed by atoms with Crippen LogP contribution in [0.25, 0.3) is 11.1 Å². The van der Waals surface area contributed by atoms with Crippen LogP contribution in [0.15, 0.2) is 47.8 Å². The maximum absolute atomic E-state index is 14.7. The summed E-state index contributed by atoms with van der Waals surface area (Å²) in [6.45, 7) is 3.35. The number of piperidine rings is 3. The normalized spacial score (nSPS) is 22.5. The van der Waals surface area contributed by atoms with Crippen LogP contribution in [-0.2, 0) is 40.8 Å². The fourth-order valence-electron chi connectivity index (χ4n) is 11.0. The van der Waals surface area contributed by atoms with Gasteiger partial charge < -0.3 is 24.9 Å². The van der Waals surface area contributed by atoms with Crippen LogP contribution in [0.1, 0.15) is 110 Å². The summed E-state index contributed by atoms with van der Waals surface area (Å²) in [6, 6.07) is 8.81. The Hall–Kier alpha value is -5.87. The van der Waals surface area contributed by atoms with Crippen LogP contribution < -0.4 is 15.5 Å². The van der Waals surface area contributed by atoms with Crippen LogP contribution in [0, 0.1) is 5.92 Å². The van der Waals surface area contributed by atoms with Crippen LogP contribution in [0.4, 0.5) is 19.3 Å². The number of unbranched alkanes of at least 4 members (excludes halogenated alkanes) is 3. The molecule has 1 aromatic heterocycles. The molecule has 0 spiro atoms. The Balaban J connectivity index is 0.801. The molecule has 2 aromatic carbocycles. The Morgan fingerprint density at radius 1 is 0.938 bits per heavy atom. The summed E-state index contributed by atoms with van der Waals surface area (Å²) in [7, 11) is 3.41. The Kier molecular flexibility index (Phi) is 12.4. The molecule has 340 valence electrons. The lowest BCUT2D eigenvalue weighted by Gasteiger charge is -2.43. The van der Waals surface area contributed by atoms with Crippen molar-refractivity contribution in [3.05, 3.63) is 70.5 Å². The summed E-state index contributed by atoms with van der Waals surface area (Å²) >= 11 is 0. The number of nitrogens with one attached hydrogen (secondary N) is 2. The Bertz CT molecular complexity index is 2340. The summed E-state index contributed by atoms with van der Waals surface area (Å²) in [5, 5.41) is 17.0. The molecule has 2 N–H and O–H groups in total. The number of imide groups is 1. The second-order valence-corrected chi connectivity index (χ2v) is 18.2. The molecule has 6 aliphatic rings. The molecule has 7 heterocycles. The fourth-order valence-corrected chi connectivity index (χ4v) is 11.0. The first kappa shape index (κ1) is 43.4. The molecule has 0 saturated carbocycles. The number of aryl methyl sites for hydroxylation is 3. The van der Waals surface area contributed by atoms with E-state index in [1.807, 2.05) is 34.1 Å². The molecule has 6 amide bonds. The number of likely N-dealkylation sites (tertiary alicyclic amines) is 2. The number of carbonyl (C=O) groups is 5. The number of urea groups is 1. The summed E-state index contributed by atoms with van der Waals surface area (Å²) < 4.78 is 31.1. The number of rotatable bonds is 11. The van der Waals surface area contributed by atoms with Crippen LogP contribution in [0.3, 0.4) is 0 Å². The predicted octanol–water partition coefficient (Wildman–Crippen LogP) is 5.38. The second-order valence-electron chi connectivity index (χ2n) is 18.2. The molecule has 0 aliphatic carbocycles. The topological polar surface area (TPSA) is 156 Å². The van der Waals surface area contributed by atoms with Crippen LogP contribution in [0.5, 0.6) is 0 Å². The zero-order chi connectivity index (χ0) is 44.6. The zero-order valence-electron chi connectivity index (χ0n) is 36.7. The number of amides is 6. The Morgan fingerprint density at radius 2 is 1.73 bits per heavy atom. The van der Waals surface area contributed by atoms with Gasteiger partial charge in [0.2, 0.25) is 17.7 Å². The summed E-state index contributed by atoms with van der Waals surface area (Å²) in [4.78, 5) is 71.5. The summed E-state index contributed by atoms with van der Waals surface area (Å²) in [5.41, 5.74) is 5.44. The quantitative estimate of drug-likeness (QED) is 0.192. The third-order valence-corrected chi connectivity index (χ3v) is 14.3. The van der Waals surface area contributed by atoms with E-state index in [1.54, 1.807) is 42.1 Å². The van der Waals surface area contributed by atoms with Crippen molar-refractivity contribution in [2.75, 3.05) is 44.7 Å². The van der Waals surface area contributed by atoms with Crippen molar-refractivity contribution < 1.29 is 32.8 Å². The van der Waals surface area contributed by atoms with E-state index in [0.29, 0.717) is 68.8 Å². The van der Waals surface area contributed by atoms with Gasteiger partial charge in [0.15, 0.2) is 0 Å². The number of nitrogens with zero attached hydrogens (tertiary/aromatic N) is 8. The van der Waals surface area contributed by atoms with Crippen molar-refractivity contribution in [1.82, 2.24) is 40.1 Å². The molecule has 3 fully saturated rings. The minimum Gasteiger partial charge on any atom is -0.343 e. The van der Waals surface area contributed by atoms with E-state index in [1.165, 1.54) is 0 Å². The number of alkyl halides is 2. The first-order valence-corrected chi connectivity index (χ1v) is 23.1. The number of hydrogen-bond donors (Lipinski definition) is 2. The zero-order valence-corrected chi connectivity index (χ0v) is 36.7. The monoisotopic (exact) mass is 880 g/mol. The number of anilines is 1. The van der Waals surface area contributed by atoms with Gasteiger partial charge in [-0.2, -0.15) is 10.2 Å². The number of fused-ring (bicyclic) bond motifs is 3. The predicted molar refractivity (Wildman–Crippen MR) is 235 cm³/mol. The van der Waals surface area contributed by atoms with E-state index in [-0.39, 0.29) is 53.7 Å². The first-order chi connectivity index (χ1) is 31.0. The molecule has 9 rings (SSSR count). The van der Waals surface area contributed by atoms with E-state index in [9.17, 15) is 32.8 Å². The average Bonchev–Trinajstić information content (AvgIpc) is 4.01. The van der Waals surface area contributed by atoms with Crippen molar-refractivity contribution in [2.24, 2.45) is 18.1 Å². The fraction of sp³-hybridized carbons (Fsp3) is 0.553. The van der Waals surface area contributed by atoms with Gasteiger partial charge in [0.1, 0.15) is 11.9 Å². The maximum atomic E-state index is 14.7. The third-order valence-electron chi connectivity index (χ3n) is 14.3. The van der Waals surface area contributed by atoms with Gasteiger partial charge in [-0.1, -0.05) is 31.0 Å². The minimum absolute atomic E-state index is 0.0346. The third kappa shape index (κ3) is 8.44. The van der Waals surface area contributed by atoms with E-state index < -0.39 is 18.4 Å². The number of benzene rings is 2. The van der Waals surface area contributed by atoms with Gasteiger partial charge in [0.25, 0.3) is 12.3 Å². The van der Waals surface area contributed by atoms with Crippen LogP contribution in [-0.4, -0.2) is 123 Å². The number of amidine groups is 1. The molecule has 6 aliphatic heterocycles. The van der Waals surface area contributed by atoms with Crippen molar-refractivity contribution in [2.45, 2.75) is 115 Å². The Labute approximate surface area is 372 Å². The Morgan fingerprint density at radius 3 is 2.48 bits per heavy atom. The van der Waals surface area contributed by atoms with E-state index >= 15 is 0 Å². The van der Waals surface area contributed by atoms with Crippen molar-refractivity contribution in [3.8, 4) is 11.1 Å². The molecule has 64 heavy (non-hydrogen) atoms. The number of halogens is 2. The molecule has 3 atom stereocenters. The largest absolute Gasteiger partial charge is 0.343 e. The number of hydrazone groups is 1. The molecule has 0 bridgehead atoms. The smallest absolute Gasteiger partial charge is 0.317 e. The highest BCUT2D eigenvalue weighted by Gasteiger charge is 2.48. The van der Waals surface area contributed by atoms with Crippen LogP contribution in [0.2, 0.25) is 0 Å². The van der Waals surface area contributed by atoms with Gasteiger partial charge in [-0.25, -0.2) is 13.6 Å². The van der Waals surface area contributed by atoms with Crippen molar-refractivity contribution in [3.63, 3.8) is 0 Å². The van der Waals surface area contributed by atoms with Crippen molar-refractivity contribution in [1.29, 1.82) is 0 Å². The lowest BCUT2D eigenvalue weighted by molar-refractivity contribution is -0.137. The summed E-state index contributed by atoms with van der Waals surface area (Å²) in [5.74, 6) is 0.0313. The van der Waals surface area contributed by atoms with Gasteiger partial charge in [0.05, 0.1) is 24.2 Å². The first-order valence-electron chi connectivity index (χ1n) is 23.1. The highest BCUT2D eigenvalue weighted by atomic mass is 19.3. The van der Waals surface area contributed by atoms with E-state index in [2.05, 4.69) is 25.6 Å². The number of aromatic nitrogens is 2. The maximum Gasteiger partial charge on any atom is 0.317 e. The molecular formula is C47H58F2N10O5. The lowest BCUT2D eigenvalue weighted by Crippen LogP contribution is -2.56. The molecule has 3 saturated heterocycles. The molecule has 15 nitrogen and oxygen atoms in total. The minimum atomic E-state index is -2.68. The molecule has 0 radical (unpaired) electrons. The highest BCUT2D eigenvalue weighted by Crippen LogP contribution is 2.42. The second kappa shape index (κ2) is 18.3. The van der Waals surface area contributed by atoms with Gasteiger partial charge >= 0.3 is 6.03 Å². The van der Waals surface area contributed by atoms with Gasteiger partial charge in [-0.05, 0) is 92.2 Å². The summed E-state index contributed by atoms with van der Waals surface area (Å²) in [6.07, 6.45) is 9.86. The lowest BCUT2D eigenvalue weighted by atomic mass is 9.88. The molecule has 17 heteroatoms. The number of hydrogen-bond acceptors (Lipinski definition) is 9. The van der Waals surface area contributed by atoms with Gasteiger partial charge in [-0.15, -0.1) is 0 Å². The average molecular weight is 881 g/mol. The SMILES string of the molecule is CNC(=O)N1CCC2C(C1)C(N1CCCc3cc(-c4cnn(C)c4)c(C(F)F)cc31)=NN2C1CCN(C(=O)CCCCCCc2cccc3c2C(=O)N(C2CCC(=O)NC2=O)C3)CC1. The standard InChI is InChI=1S/C47H58F2N10O5/c1-50-47(64)56-22-18-37-36(28-56)44(57-19-8-12-30-23-34(32-25-51-54(2)26-32)35(43(48)49)24-39(30)57)53-59(37)33-16-20-55(21-17-33)41(61)13-6-4-3-5-9-29-10-7-11-31-27-58(46(63)42(29)31)38-14-15-40(60)52-45(38)62/h7,10-11,23-26,33,36-38,43H,3-6,8-9,12-22,27-28H2,1-2H3,(H,50,64)(H,52,60,62). The highest BCUT2D eigenvalue weighted by molar-refractivity contribution is 6.06. The molecule has 3 aromatic rings. The van der Waals surface area contributed by atoms with Gasteiger partial charge in [-0.3, -0.25) is 34.2 Å². The number of carbonyl (C=O) groups excluding carboxylic acids is 5. The van der Waals surface area contributed by atoms with Crippen molar-refractivity contribution >= 4 is 41.2 Å². The van der Waals surface area contributed by atoms with E-state index in [4.69, 9.17) is 5.10 Å². The molecule has 3 unspecified atom stereocenters. The van der Waals surface area contributed by atoms with Crippen LogP contribution >= 0.6 is 0 Å². The molecular weight excluding hydrogens is 823 g/mol. The van der Waals surface area contributed by atoms with E-state index in [0.717, 1.165) is 92.4 Å². The van der Waals surface area contributed by atoms with Gasteiger partial charge in [0, 0.05) is 94.8 Å².